The maximum atomic E-state index is 14.6. The minimum absolute atomic E-state index is 0.337. The average Bonchev–Trinajstić information content (AvgIpc) is 3.73. The predicted octanol–water partition coefficient (Wildman–Crippen LogP) is 13.4. The summed E-state index contributed by atoms with van der Waals surface area (Å²) < 4.78 is 29.1. The van der Waals surface area contributed by atoms with Crippen molar-refractivity contribution in [3.8, 4) is 89.8 Å². The van der Waals surface area contributed by atoms with E-state index in [0.29, 0.717) is 27.3 Å². The Labute approximate surface area is 371 Å². The van der Waals surface area contributed by atoms with E-state index < -0.39 is 15.3 Å². The van der Waals surface area contributed by atoms with Gasteiger partial charge in [-0.25, -0.2) is 23.4 Å². The van der Waals surface area contributed by atoms with Gasteiger partial charge in [-0.2, -0.15) is 0 Å². The predicted molar refractivity (Wildman–Crippen MR) is 254 cm³/mol. The lowest BCUT2D eigenvalue weighted by Crippen LogP contribution is -2.29. The Balaban J connectivity index is 1.10. The van der Waals surface area contributed by atoms with Crippen LogP contribution in [0.3, 0.4) is 0 Å². The molecule has 0 N–H and O–H groups in total. The molecule has 0 fully saturated rings. The molecule has 3 aliphatic rings. The lowest BCUT2D eigenvalue weighted by atomic mass is 9.65. The van der Waals surface area contributed by atoms with E-state index in [2.05, 4.69) is 133 Å². The molecule has 5 nitrogen and oxygen atoms in total. The Bertz CT molecular complexity index is 3680. The normalized spacial score (nSPS) is 15.5. The summed E-state index contributed by atoms with van der Waals surface area (Å²) in [6.07, 6.45) is 0. The molecule has 1 aliphatic heterocycles. The third-order valence-electron chi connectivity index (χ3n) is 13.3. The molecule has 1 spiro atoms. The van der Waals surface area contributed by atoms with Crippen LogP contribution >= 0.6 is 0 Å². The van der Waals surface area contributed by atoms with Gasteiger partial charge in [0.15, 0.2) is 17.5 Å². The van der Waals surface area contributed by atoms with Crippen LogP contribution in [0.15, 0.2) is 222 Å². The van der Waals surface area contributed by atoms with Crippen LogP contribution in [-0.4, -0.2) is 23.4 Å². The quantitative estimate of drug-likeness (QED) is 0.177. The zero-order valence-electron chi connectivity index (χ0n) is 34.3. The SMILES string of the molecule is O=S1(=O)c2ccccc2-c2cc3c(cc21)C1(c2ccccc2-c2ccccc2-c2ccc(-c4nc(-c5ccccc5)nc(-c5ccc(-c6ccccc6)cc5)n4)cc21)c1ccccc1-3. The van der Waals surface area contributed by atoms with Crippen LogP contribution in [0.25, 0.3) is 89.8 Å². The first-order valence-electron chi connectivity index (χ1n) is 21.4. The fraction of sp³-hybridized carbons (Fsp3) is 0.0172. The first-order chi connectivity index (χ1) is 31.5. The number of sulfone groups is 1. The van der Waals surface area contributed by atoms with Gasteiger partial charge in [-0.3, -0.25) is 0 Å². The van der Waals surface area contributed by atoms with Crippen molar-refractivity contribution < 1.29 is 8.42 Å². The lowest BCUT2D eigenvalue weighted by molar-refractivity contribution is 0.598. The molecule has 0 saturated carbocycles. The fourth-order valence-electron chi connectivity index (χ4n) is 10.5. The Morgan fingerprint density at radius 3 is 1.34 bits per heavy atom. The van der Waals surface area contributed by atoms with Crippen LogP contribution in [0, 0.1) is 0 Å². The molecule has 1 aromatic heterocycles. The van der Waals surface area contributed by atoms with Gasteiger partial charge in [0.2, 0.25) is 9.84 Å². The van der Waals surface area contributed by atoms with E-state index in [1.54, 1.807) is 12.1 Å². The minimum Gasteiger partial charge on any atom is -0.218 e. The van der Waals surface area contributed by atoms with Gasteiger partial charge in [0.1, 0.15) is 0 Å². The smallest absolute Gasteiger partial charge is 0.207 e. The Hall–Kier alpha value is -8.06. The summed E-state index contributed by atoms with van der Waals surface area (Å²) in [6, 6.07) is 72.6. The van der Waals surface area contributed by atoms with Crippen LogP contribution in [0.1, 0.15) is 22.3 Å². The first-order valence-corrected chi connectivity index (χ1v) is 22.9. The average molecular weight is 838 g/mol. The molecule has 1 atom stereocenters. The second-order valence-electron chi connectivity index (χ2n) is 16.7. The molecular formula is C58H35N3O2S. The van der Waals surface area contributed by atoms with Crippen molar-refractivity contribution in [2.75, 3.05) is 0 Å². The highest BCUT2D eigenvalue weighted by molar-refractivity contribution is 7.92. The summed E-state index contributed by atoms with van der Waals surface area (Å²) in [5.41, 5.74) is 16.0. The first kappa shape index (κ1) is 36.6. The molecule has 0 amide bonds. The van der Waals surface area contributed by atoms with E-state index >= 15 is 0 Å². The number of benzene rings is 9. The Morgan fingerprint density at radius 1 is 0.281 bits per heavy atom. The van der Waals surface area contributed by atoms with Crippen LogP contribution in [-0.2, 0) is 15.3 Å². The number of nitrogens with zero attached hydrogens (tertiary/aromatic N) is 3. The standard InChI is InChI=1S/C58H35N3O2S/c62-64(63)53-26-14-11-23-46(53)48-34-47-44-22-10-13-25-50(44)58(52(47)35-54(48)64)49-24-12-9-21-43(49)41-19-7-8-20-42(41)45-32-31-40(33-51(45)58)57-60-55(38-17-5-2-6-18-38)59-56(61-57)39-29-27-37(28-30-39)36-15-3-1-4-16-36/h1-35H. The summed E-state index contributed by atoms with van der Waals surface area (Å²) in [5, 5.41) is 0. The molecule has 1 unspecified atom stereocenters. The molecule has 0 bridgehead atoms. The Kier molecular flexibility index (Phi) is 7.84. The molecule has 9 aromatic carbocycles. The number of rotatable bonds is 4. The van der Waals surface area contributed by atoms with Gasteiger partial charge < -0.3 is 0 Å². The van der Waals surface area contributed by atoms with Crippen LogP contribution in [0.5, 0.6) is 0 Å². The largest absolute Gasteiger partial charge is 0.218 e. The van der Waals surface area contributed by atoms with E-state index in [9.17, 15) is 8.42 Å². The maximum absolute atomic E-state index is 14.6. The van der Waals surface area contributed by atoms with Crippen molar-refractivity contribution in [2.45, 2.75) is 15.2 Å². The lowest BCUT2D eigenvalue weighted by Gasteiger charge is -2.35. The maximum Gasteiger partial charge on any atom is 0.207 e. The van der Waals surface area contributed by atoms with Crippen LogP contribution in [0.2, 0.25) is 0 Å². The molecule has 300 valence electrons. The third kappa shape index (κ3) is 5.17. The van der Waals surface area contributed by atoms with Gasteiger partial charge >= 0.3 is 0 Å². The van der Waals surface area contributed by atoms with E-state index in [0.717, 1.165) is 94.6 Å². The summed E-state index contributed by atoms with van der Waals surface area (Å²) >= 11 is 0. The van der Waals surface area contributed by atoms with E-state index in [1.807, 2.05) is 66.7 Å². The van der Waals surface area contributed by atoms with E-state index in [1.165, 1.54) is 0 Å². The van der Waals surface area contributed by atoms with Crippen molar-refractivity contribution >= 4 is 9.84 Å². The molecule has 0 saturated heterocycles. The fourth-order valence-corrected chi connectivity index (χ4v) is 12.2. The topological polar surface area (TPSA) is 72.8 Å². The molecule has 2 heterocycles. The molecule has 0 radical (unpaired) electrons. The van der Waals surface area contributed by atoms with E-state index in [-0.39, 0.29) is 0 Å². The summed E-state index contributed by atoms with van der Waals surface area (Å²) in [4.78, 5) is 16.2. The molecule has 13 rings (SSSR count). The van der Waals surface area contributed by atoms with Gasteiger partial charge in [-0.15, -0.1) is 0 Å². The van der Waals surface area contributed by atoms with Gasteiger partial charge in [-0.05, 0) is 91.0 Å². The molecule has 10 aromatic rings. The van der Waals surface area contributed by atoms with Crippen molar-refractivity contribution in [1.82, 2.24) is 15.0 Å². The van der Waals surface area contributed by atoms with Crippen molar-refractivity contribution in [2.24, 2.45) is 0 Å². The third-order valence-corrected chi connectivity index (χ3v) is 15.2. The molecular weight excluding hydrogens is 803 g/mol. The number of hydrogen-bond acceptors (Lipinski definition) is 5. The highest BCUT2D eigenvalue weighted by Gasteiger charge is 2.51. The van der Waals surface area contributed by atoms with Gasteiger partial charge in [0, 0.05) is 27.8 Å². The number of aromatic nitrogens is 3. The van der Waals surface area contributed by atoms with Crippen molar-refractivity contribution in [1.29, 1.82) is 0 Å². The highest BCUT2D eigenvalue weighted by atomic mass is 32.2. The van der Waals surface area contributed by atoms with Gasteiger partial charge in [-0.1, -0.05) is 188 Å². The van der Waals surface area contributed by atoms with Crippen molar-refractivity contribution in [3.05, 3.63) is 235 Å². The van der Waals surface area contributed by atoms with Gasteiger partial charge in [0.25, 0.3) is 0 Å². The zero-order chi connectivity index (χ0) is 42.6. The monoisotopic (exact) mass is 837 g/mol. The van der Waals surface area contributed by atoms with Crippen molar-refractivity contribution in [3.63, 3.8) is 0 Å². The minimum atomic E-state index is -3.81. The van der Waals surface area contributed by atoms with E-state index in [4.69, 9.17) is 15.0 Å². The second kappa shape index (κ2) is 13.7. The molecule has 6 heteroatoms. The summed E-state index contributed by atoms with van der Waals surface area (Å²) in [6.45, 7) is 0. The summed E-state index contributed by atoms with van der Waals surface area (Å²) in [5.74, 6) is 1.68. The molecule has 2 aliphatic carbocycles. The van der Waals surface area contributed by atoms with Gasteiger partial charge in [0.05, 0.1) is 15.2 Å². The van der Waals surface area contributed by atoms with Crippen LogP contribution < -0.4 is 0 Å². The summed E-state index contributed by atoms with van der Waals surface area (Å²) in [7, 11) is -3.81. The number of fused-ring (bicyclic) bond motifs is 15. The molecule has 64 heavy (non-hydrogen) atoms. The number of hydrogen-bond donors (Lipinski definition) is 0. The van der Waals surface area contributed by atoms with Crippen LogP contribution in [0.4, 0.5) is 0 Å². The zero-order valence-corrected chi connectivity index (χ0v) is 35.1. The highest BCUT2D eigenvalue weighted by Crippen LogP contribution is 2.63. The second-order valence-corrected chi connectivity index (χ2v) is 18.5. The Morgan fingerprint density at radius 2 is 0.703 bits per heavy atom.